The number of rotatable bonds is 2. The molecule has 7 heteroatoms. The van der Waals surface area contributed by atoms with Crippen molar-refractivity contribution in [2.75, 3.05) is 24.6 Å². The topological polar surface area (TPSA) is 67.0 Å². The molecule has 1 atom stereocenters. The van der Waals surface area contributed by atoms with Crippen LogP contribution in [0.3, 0.4) is 0 Å². The third-order valence-electron chi connectivity index (χ3n) is 3.54. The van der Waals surface area contributed by atoms with Crippen molar-refractivity contribution < 1.29 is 9.13 Å². The number of nitriles is 1. The SMILES string of the molecule is Cn1cnnc1C1CN(c2cccc(F)c2C#N)CCO1. The molecule has 1 aliphatic rings. The third-order valence-corrected chi connectivity index (χ3v) is 3.54. The van der Waals surface area contributed by atoms with E-state index in [-0.39, 0.29) is 11.7 Å². The molecule has 1 aromatic heterocycles. The molecule has 0 bridgehead atoms. The maximum Gasteiger partial charge on any atom is 0.163 e. The summed E-state index contributed by atoms with van der Waals surface area (Å²) >= 11 is 0. The molecular formula is C14H14FN5O. The molecule has 0 radical (unpaired) electrons. The molecule has 2 aromatic rings. The highest BCUT2D eigenvalue weighted by Gasteiger charge is 2.27. The quantitative estimate of drug-likeness (QED) is 0.835. The fourth-order valence-corrected chi connectivity index (χ4v) is 2.49. The Balaban J connectivity index is 1.89. The van der Waals surface area contributed by atoms with Crippen LogP contribution in [0.15, 0.2) is 24.5 Å². The Kier molecular flexibility index (Phi) is 3.54. The second kappa shape index (κ2) is 5.50. The lowest BCUT2D eigenvalue weighted by Crippen LogP contribution is -2.39. The van der Waals surface area contributed by atoms with Crippen LogP contribution < -0.4 is 4.90 Å². The molecule has 3 rings (SSSR count). The van der Waals surface area contributed by atoms with Gasteiger partial charge in [-0.25, -0.2) is 4.39 Å². The van der Waals surface area contributed by atoms with E-state index in [2.05, 4.69) is 10.2 Å². The maximum atomic E-state index is 13.7. The van der Waals surface area contributed by atoms with Gasteiger partial charge in [0.25, 0.3) is 0 Å². The number of halogens is 1. The standard InChI is InChI=1S/C14H14FN5O/c1-19-9-17-18-14(19)13-8-20(5-6-21-13)12-4-2-3-11(15)10(12)7-16/h2-4,9,13H,5-6,8H2,1H3. The largest absolute Gasteiger partial charge is 0.367 e. The van der Waals surface area contributed by atoms with Gasteiger partial charge < -0.3 is 14.2 Å². The average Bonchev–Trinajstić information content (AvgIpc) is 2.93. The predicted molar refractivity (Wildman–Crippen MR) is 73.0 cm³/mol. The molecule has 0 N–H and O–H groups in total. The first-order valence-electron chi connectivity index (χ1n) is 6.59. The minimum atomic E-state index is -0.503. The Hall–Kier alpha value is -2.46. The van der Waals surface area contributed by atoms with Crippen molar-refractivity contribution in [3.63, 3.8) is 0 Å². The van der Waals surface area contributed by atoms with Crippen molar-refractivity contribution in [2.24, 2.45) is 7.05 Å². The van der Waals surface area contributed by atoms with Gasteiger partial charge in [0.2, 0.25) is 0 Å². The summed E-state index contributed by atoms with van der Waals surface area (Å²) in [5.41, 5.74) is 0.657. The number of aryl methyl sites for hydroxylation is 1. The first-order chi connectivity index (χ1) is 10.2. The highest BCUT2D eigenvalue weighted by atomic mass is 19.1. The minimum Gasteiger partial charge on any atom is -0.367 e. The molecule has 1 fully saturated rings. The summed E-state index contributed by atoms with van der Waals surface area (Å²) in [5, 5.41) is 17.0. The summed E-state index contributed by atoms with van der Waals surface area (Å²) in [4.78, 5) is 1.95. The number of anilines is 1. The Labute approximate surface area is 121 Å². The molecule has 1 aromatic carbocycles. The second-order valence-electron chi connectivity index (χ2n) is 4.85. The highest BCUT2D eigenvalue weighted by molar-refractivity contribution is 5.60. The molecule has 0 spiro atoms. The van der Waals surface area contributed by atoms with Gasteiger partial charge in [0.15, 0.2) is 5.82 Å². The molecule has 0 amide bonds. The number of aromatic nitrogens is 3. The smallest absolute Gasteiger partial charge is 0.163 e. The molecule has 21 heavy (non-hydrogen) atoms. The van der Waals surface area contributed by atoms with E-state index in [0.29, 0.717) is 25.4 Å². The molecule has 6 nitrogen and oxygen atoms in total. The van der Waals surface area contributed by atoms with E-state index in [9.17, 15) is 4.39 Å². The first-order valence-corrected chi connectivity index (χ1v) is 6.59. The highest BCUT2D eigenvalue weighted by Crippen LogP contribution is 2.28. The lowest BCUT2D eigenvalue weighted by molar-refractivity contribution is 0.0321. The minimum absolute atomic E-state index is 0.0658. The summed E-state index contributed by atoms with van der Waals surface area (Å²) in [6.07, 6.45) is 1.36. The Morgan fingerprint density at radius 2 is 2.33 bits per heavy atom. The van der Waals surface area contributed by atoms with E-state index in [4.69, 9.17) is 10.00 Å². The molecule has 1 unspecified atom stereocenters. The maximum absolute atomic E-state index is 13.7. The van der Waals surface area contributed by atoms with Crippen molar-refractivity contribution in [2.45, 2.75) is 6.10 Å². The molecule has 108 valence electrons. The van der Waals surface area contributed by atoms with Crippen LogP contribution in [0.2, 0.25) is 0 Å². The van der Waals surface area contributed by atoms with Crippen LogP contribution in [0.1, 0.15) is 17.5 Å². The normalized spacial score (nSPS) is 18.5. The van der Waals surface area contributed by atoms with Crippen molar-refractivity contribution in [1.29, 1.82) is 5.26 Å². The van der Waals surface area contributed by atoms with Crippen LogP contribution in [0.4, 0.5) is 10.1 Å². The lowest BCUT2D eigenvalue weighted by Gasteiger charge is -2.34. The summed E-state index contributed by atoms with van der Waals surface area (Å²) in [6, 6.07) is 6.59. The molecule has 0 aliphatic carbocycles. The Morgan fingerprint density at radius 1 is 1.48 bits per heavy atom. The van der Waals surface area contributed by atoms with Gasteiger partial charge >= 0.3 is 0 Å². The van der Waals surface area contributed by atoms with E-state index in [1.807, 2.05) is 18.0 Å². The van der Waals surface area contributed by atoms with Crippen molar-refractivity contribution in [3.05, 3.63) is 41.7 Å². The summed E-state index contributed by atoms with van der Waals surface area (Å²) in [7, 11) is 1.85. The number of ether oxygens (including phenoxy) is 1. The van der Waals surface area contributed by atoms with Crippen LogP contribution in [0, 0.1) is 17.1 Å². The van der Waals surface area contributed by atoms with Crippen LogP contribution in [-0.2, 0) is 11.8 Å². The number of hydrogen-bond donors (Lipinski definition) is 0. The summed E-state index contributed by atoms with van der Waals surface area (Å²) in [6.45, 7) is 1.59. The molecule has 1 aliphatic heterocycles. The van der Waals surface area contributed by atoms with Gasteiger partial charge in [-0.05, 0) is 12.1 Å². The van der Waals surface area contributed by atoms with Crippen molar-refractivity contribution >= 4 is 5.69 Å². The van der Waals surface area contributed by atoms with E-state index in [1.54, 1.807) is 23.0 Å². The van der Waals surface area contributed by atoms with Crippen LogP contribution >= 0.6 is 0 Å². The zero-order valence-electron chi connectivity index (χ0n) is 11.5. The number of hydrogen-bond acceptors (Lipinski definition) is 5. The Bertz CT molecular complexity index is 693. The molecule has 1 saturated heterocycles. The molecule has 0 saturated carbocycles. The van der Waals surface area contributed by atoms with Crippen molar-refractivity contribution in [1.82, 2.24) is 14.8 Å². The lowest BCUT2D eigenvalue weighted by atomic mass is 10.1. The predicted octanol–water partition coefficient (Wildman–Crippen LogP) is 1.40. The number of nitrogens with zero attached hydrogens (tertiary/aromatic N) is 5. The summed E-state index contributed by atoms with van der Waals surface area (Å²) < 4.78 is 21.2. The average molecular weight is 287 g/mol. The summed E-state index contributed by atoms with van der Waals surface area (Å²) in [5.74, 6) is 0.214. The molecular weight excluding hydrogens is 273 g/mol. The fourth-order valence-electron chi connectivity index (χ4n) is 2.49. The van der Waals surface area contributed by atoms with E-state index < -0.39 is 5.82 Å². The fraction of sp³-hybridized carbons (Fsp3) is 0.357. The van der Waals surface area contributed by atoms with Crippen LogP contribution in [0.25, 0.3) is 0 Å². The van der Waals surface area contributed by atoms with Crippen LogP contribution in [0.5, 0.6) is 0 Å². The van der Waals surface area contributed by atoms with Crippen molar-refractivity contribution in [3.8, 4) is 6.07 Å². The van der Waals surface area contributed by atoms with E-state index in [1.165, 1.54) is 6.07 Å². The van der Waals surface area contributed by atoms with E-state index in [0.717, 1.165) is 5.82 Å². The molecule has 2 heterocycles. The van der Waals surface area contributed by atoms with E-state index >= 15 is 0 Å². The number of morpholine rings is 1. The van der Waals surface area contributed by atoms with Gasteiger partial charge in [0.1, 0.15) is 29.9 Å². The van der Waals surface area contributed by atoms with Gasteiger partial charge in [0.05, 0.1) is 18.8 Å². The van der Waals surface area contributed by atoms with Gasteiger partial charge in [-0.2, -0.15) is 5.26 Å². The van der Waals surface area contributed by atoms with Gasteiger partial charge in [-0.1, -0.05) is 6.07 Å². The first kappa shape index (κ1) is 13.5. The van der Waals surface area contributed by atoms with Gasteiger partial charge in [0, 0.05) is 13.6 Å². The second-order valence-corrected chi connectivity index (χ2v) is 4.85. The van der Waals surface area contributed by atoms with Crippen LogP contribution in [-0.4, -0.2) is 34.5 Å². The zero-order valence-corrected chi connectivity index (χ0v) is 11.5. The third kappa shape index (κ3) is 2.45. The van der Waals surface area contributed by atoms with Gasteiger partial charge in [-0.3, -0.25) is 0 Å². The monoisotopic (exact) mass is 287 g/mol. The zero-order chi connectivity index (χ0) is 14.8. The van der Waals surface area contributed by atoms with Gasteiger partial charge in [-0.15, -0.1) is 10.2 Å². The Morgan fingerprint density at radius 3 is 3.05 bits per heavy atom. The number of benzene rings is 1.